The third-order valence-corrected chi connectivity index (χ3v) is 5.11. The molecular weight excluding hydrogens is 300 g/mol. The third kappa shape index (κ3) is 3.77. The molecule has 4 unspecified atom stereocenters. The highest BCUT2D eigenvalue weighted by molar-refractivity contribution is 5.58. The Balaban J connectivity index is 1.98. The molecule has 0 aromatic carbocycles. The second kappa shape index (κ2) is 7.57. The molecule has 134 valence electrons. The SMILES string of the molecule is CCC1(CC)OCC(CC(O)C2OC(CC)(CC)OC2C=O)O1. The second-order valence-corrected chi connectivity index (χ2v) is 6.39. The minimum atomic E-state index is -0.830. The van der Waals surface area contributed by atoms with E-state index in [1.54, 1.807) is 0 Å². The van der Waals surface area contributed by atoms with E-state index in [4.69, 9.17) is 18.9 Å². The highest BCUT2D eigenvalue weighted by Gasteiger charge is 2.49. The van der Waals surface area contributed by atoms with Crippen LogP contribution in [0.3, 0.4) is 0 Å². The smallest absolute Gasteiger partial charge is 0.169 e. The van der Waals surface area contributed by atoms with Crippen molar-refractivity contribution < 1.29 is 28.8 Å². The molecule has 2 aliphatic rings. The van der Waals surface area contributed by atoms with Gasteiger partial charge in [0.15, 0.2) is 17.9 Å². The van der Waals surface area contributed by atoms with E-state index < -0.39 is 29.9 Å². The van der Waals surface area contributed by atoms with Gasteiger partial charge in [-0.05, 0) is 25.7 Å². The first-order valence-corrected chi connectivity index (χ1v) is 8.77. The number of hydrogen-bond donors (Lipinski definition) is 1. The minimum Gasteiger partial charge on any atom is -0.390 e. The number of aldehydes is 1. The van der Waals surface area contributed by atoms with Gasteiger partial charge in [-0.1, -0.05) is 27.7 Å². The first-order valence-electron chi connectivity index (χ1n) is 8.77. The number of hydrogen-bond acceptors (Lipinski definition) is 6. The van der Waals surface area contributed by atoms with Crippen LogP contribution in [0.25, 0.3) is 0 Å². The van der Waals surface area contributed by atoms with E-state index in [-0.39, 0.29) is 6.10 Å². The van der Waals surface area contributed by atoms with Crippen molar-refractivity contribution in [2.45, 2.75) is 95.8 Å². The topological polar surface area (TPSA) is 74.2 Å². The molecule has 6 heteroatoms. The predicted molar refractivity (Wildman–Crippen MR) is 83.9 cm³/mol. The maximum absolute atomic E-state index is 11.3. The summed E-state index contributed by atoms with van der Waals surface area (Å²) in [5.74, 6) is -1.32. The van der Waals surface area contributed by atoms with Gasteiger partial charge in [-0.2, -0.15) is 0 Å². The molecule has 2 heterocycles. The van der Waals surface area contributed by atoms with Crippen LogP contribution in [0, 0.1) is 0 Å². The van der Waals surface area contributed by atoms with E-state index >= 15 is 0 Å². The lowest BCUT2D eigenvalue weighted by Crippen LogP contribution is -2.39. The lowest BCUT2D eigenvalue weighted by Gasteiger charge is -2.27. The quantitative estimate of drug-likeness (QED) is 0.688. The molecule has 4 atom stereocenters. The molecule has 0 spiro atoms. The molecular formula is C17H30O6. The summed E-state index contributed by atoms with van der Waals surface area (Å²) in [5.41, 5.74) is 0. The Hall–Kier alpha value is -0.530. The minimum absolute atomic E-state index is 0.195. The van der Waals surface area contributed by atoms with Crippen LogP contribution in [0.4, 0.5) is 0 Å². The summed E-state index contributed by atoms with van der Waals surface area (Å²) in [6.07, 6.45) is 1.46. The Morgan fingerprint density at radius 2 is 1.65 bits per heavy atom. The molecule has 0 bridgehead atoms. The van der Waals surface area contributed by atoms with Crippen molar-refractivity contribution in [1.82, 2.24) is 0 Å². The standard InChI is InChI=1S/C17H30O6/c1-5-16(6-2)20-11-12(21-16)9-13(19)15-14(10-18)22-17(7-3,8-4)23-15/h10,12-15,19H,5-9,11H2,1-4H3. The molecule has 2 aliphatic heterocycles. The summed E-state index contributed by atoms with van der Waals surface area (Å²) in [5, 5.41) is 10.6. The van der Waals surface area contributed by atoms with Gasteiger partial charge in [-0.15, -0.1) is 0 Å². The Kier molecular flexibility index (Phi) is 6.19. The molecule has 2 fully saturated rings. The van der Waals surface area contributed by atoms with Gasteiger partial charge in [0.05, 0.1) is 18.8 Å². The maximum atomic E-state index is 11.3. The van der Waals surface area contributed by atoms with Crippen molar-refractivity contribution in [3.8, 4) is 0 Å². The van der Waals surface area contributed by atoms with Crippen molar-refractivity contribution in [2.24, 2.45) is 0 Å². The number of aliphatic hydroxyl groups excluding tert-OH is 1. The molecule has 0 aliphatic carbocycles. The fourth-order valence-electron chi connectivity index (χ4n) is 3.40. The summed E-state index contributed by atoms with van der Waals surface area (Å²) in [7, 11) is 0. The van der Waals surface area contributed by atoms with E-state index in [1.807, 2.05) is 27.7 Å². The Morgan fingerprint density at radius 1 is 1.04 bits per heavy atom. The lowest BCUT2D eigenvalue weighted by atomic mass is 10.0. The largest absolute Gasteiger partial charge is 0.390 e. The zero-order valence-corrected chi connectivity index (χ0v) is 14.6. The second-order valence-electron chi connectivity index (χ2n) is 6.39. The van der Waals surface area contributed by atoms with Gasteiger partial charge < -0.3 is 28.8 Å². The summed E-state index contributed by atoms with van der Waals surface area (Å²) in [4.78, 5) is 11.3. The molecule has 0 aromatic rings. The van der Waals surface area contributed by atoms with E-state index in [2.05, 4.69) is 0 Å². The summed E-state index contributed by atoms with van der Waals surface area (Å²) >= 11 is 0. The highest BCUT2D eigenvalue weighted by atomic mass is 16.8. The van der Waals surface area contributed by atoms with Crippen LogP contribution in [0.15, 0.2) is 0 Å². The van der Waals surface area contributed by atoms with Crippen LogP contribution in [0.5, 0.6) is 0 Å². The number of carbonyl (C=O) groups excluding carboxylic acids is 1. The first kappa shape index (κ1) is 18.8. The third-order valence-electron chi connectivity index (χ3n) is 5.11. The summed E-state index contributed by atoms with van der Waals surface area (Å²) < 4.78 is 23.4. The van der Waals surface area contributed by atoms with Gasteiger partial charge in [-0.3, -0.25) is 0 Å². The molecule has 0 aromatic heterocycles. The van der Waals surface area contributed by atoms with Crippen molar-refractivity contribution in [3.05, 3.63) is 0 Å². The summed E-state index contributed by atoms with van der Waals surface area (Å²) in [6, 6.07) is 0. The average molecular weight is 330 g/mol. The van der Waals surface area contributed by atoms with Gasteiger partial charge in [0.1, 0.15) is 12.2 Å². The maximum Gasteiger partial charge on any atom is 0.169 e. The van der Waals surface area contributed by atoms with E-state index in [0.29, 0.717) is 25.9 Å². The molecule has 2 rings (SSSR count). The van der Waals surface area contributed by atoms with Crippen molar-refractivity contribution >= 4 is 6.29 Å². The lowest BCUT2D eigenvalue weighted by molar-refractivity contribution is -0.191. The zero-order valence-electron chi connectivity index (χ0n) is 14.6. The highest BCUT2D eigenvalue weighted by Crippen LogP contribution is 2.37. The molecule has 2 saturated heterocycles. The number of rotatable bonds is 8. The van der Waals surface area contributed by atoms with Crippen LogP contribution in [0.1, 0.15) is 59.8 Å². The molecule has 23 heavy (non-hydrogen) atoms. The Labute approximate surface area is 138 Å². The molecule has 6 nitrogen and oxygen atoms in total. The fraction of sp³-hybridized carbons (Fsp3) is 0.941. The first-order chi connectivity index (χ1) is 11.0. The van der Waals surface area contributed by atoms with Crippen LogP contribution in [-0.4, -0.2) is 54.0 Å². The van der Waals surface area contributed by atoms with E-state index in [0.717, 1.165) is 19.1 Å². The van der Waals surface area contributed by atoms with Gasteiger partial charge in [0.25, 0.3) is 0 Å². The van der Waals surface area contributed by atoms with Crippen LogP contribution >= 0.6 is 0 Å². The van der Waals surface area contributed by atoms with Gasteiger partial charge >= 0.3 is 0 Å². The van der Waals surface area contributed by atoms with Gasteiger partial charge in [0.2, 0.25) is 0 Å². The van der Waals surface area contributed by atoms with Gasteiger partial charge in [-0.25, -0.2) is 0 Å². The van der Waals surface area contributed by atoms with Crippen LogP contribution < -0.4 is 0 Å². The molecule has 1 N–H and O–H groups in total. The monoisotopic (exact) mass is 330 g/mol. The Morgan fingerprint density at radius 3 is 2.13 bits per heavy atom. The molecule has 0 saturated carbocycles. The zero-order chi connectivity index (χ0) is 17.1. The van der Waals surface area contributed by atoms with Crippen LogP contribution in [-0.2, 0) is 23.7 Å². The van der Waals surface area contributed by atoms with Crippen molar-refractivity contribution in [2.75, 3.05) is 6.61 Å². The van der Waals surface area contributed by atoms with Crippen molar-refractivity contribution in [1.29, 1.82) is 0 Å². The summed E-state index contributed by atoms with van der Waals surface area (Å²) in [6.45, 7) is 8.39. The van der Waals surface area contributed by atoms with Gasteiger partial charge in [0, 0.05) is 6.42 Å². The number of ether oxygens (including phenoxy) is 4. The Bertz CT molecular complexity index is 391. The van der Waals surface area contributed by atoms with E-state index in [9.17, 15) is 9.90 Å². The molecule has 0 radical (unpaired) electrons. The number of carbonyl (C=O) groups is 1. The van der Waals surface area contributed by atoms with Crippen molar-refractivity contribution in [3.63, 3.8) is 0 Å². The predicted octanol–water partition coefficient (Wildman–Crippen LogP) is 2.17. The average Bonchev–Trinajstić information content (AvgIpc) is 3.17. The molecule has 0 amide bonds. The number of aliphatic hydroxyl groups is 1. The van der Waals surface area contributed by atoms with E-state index in [1.165, 1.54) is 0 Å². The fourth-order valence-corrected chi connectivity index (χ4v) is 3.40. The normalized spacial score (nSPS) is 33.7. The van der Waals surface area contributed by atoms with Crippen LogP contribution in [0.2, 0.25) is 0 Å².